The quantitative estimate of drug-likeness (QED) is 0.935. The van der Waals surface area contributed by atoms with E-state index in [2.05, 4.69) is 27.9 Å². The van der Waals surface area contributed by atoms with Gasteiger partial charge in [-0.25, -0.2) is 0 Å². The lowest BCUT2D eigenvalue weighted by molar-refractivity contribution is -0.136. The van der Waals surface area contributed by atoms with Gasteiger partial charge in [-0.05, 0) is 37.2 Å². The summed E-state index contributed by atoms with van der Waals surface area (Å²) in [6.45, 7) is 2.17. The summed E-state index contributed by atoms with van der Waals surface area (Å²) in [5.74, 6) is -0.802. The van der Waals surface area contributed by atoms with Crippen LogP contribution in [0.5, 0.6) is 0 Å². The molecule has 114 valence electrons. The first kappa shape index (κ1) is 13.5. The van der Waals surface area contributed by atoms with Gasteiger partial charge in [-0.3, -0.25) is 14.7 Å². The van der Waals surface area contributed by atoms with Crippen molar-refractivity contribution >= 4 is 22.6 Å². The van der Waals surface area contributed by atoms with E-state index in [1.54, 1.807) is 0 Å². The fourth-order valence-corrected chi connectivity index (χ4v) is 3.79. The van der Waals surface area contributed by atoms with Crippen LogP contribution in [0.4, 0.5) is 5.69 Å². The second kappa shape index (κ2) is 4.95. The van der Waals surface area contributed by atoms with Gasteiger partial charge in [-0.15, -0.1) is 0 Å². The zero-order valence-corrected chi connectivity index (χ0v) is 12.6. The number of anilines is 1. The van der Waals surface area contributed by atoms with Crippen LogP contribution >= 0.6 is 0 Å². The summed E-state index contributed by atoms with van der Waals surface area (Å²) in [5, 5.41) is 9.95. The molecule has 22 heavy (non-hydrogen) atoms. The van der Waals surface area contributed by atoms with Gasteiger partial charge in [0.15, 0.2) is 0 Å². The average molecular weight is 297 g/mol. The number of piperazine rings is 1. The van der Waals surface area contributed by atoms with Crippen molar-refractivity contribution in [1.82, 2.24) is 9.88 Å². The number of rotatable bonds is 3. The zero-order valence-electron chi connectivity index (χ0n) is 12.6. The second-order valence-electron chi connectivity index (χ2n) is 6.43. The first-order valence-corrected chi connectivity index (χ1v) is 7.67. The van der Waals surface area contributed by atoms with E-state index in [1.165, 1.54) is 6.42 Å². The minimum atomic E-state index is -0.802. The lowest BCUT2D eigenvalue weighted by atomic mass is 10.1. The number of carboxylic acid groups (broad SMARTS) is 1. The largest absolute Gasteiger partial charge is 0.481 e. The number of hydrogen-bond acceptors (Lipinski definition) is 4. The number of carboxylic acids is 1. The highest BCUT2D eigenvalue weighted by molar-refractivity contribution is 5.84. The average Bonchev–Trinajstić information content (AvgIpc) is 3.05. The van der Waals surface area contributed by atoms with Gasteiger partial charge < -0.3 is 10.0 Å². The highest BCUT2D eigenvalue weighted by atomic mass is 16.4. The number of nitrogens with zero attached hydrogens (tertiary/aromatic N) is 3. The molecule has 4 rings (SSSR count). The Morgan fingerprint density at radius 1 is 1.32 bits per heavy atom. The normalized spacial score (nSPS) is 24.3. The number of likely N-dealkylation sites (N-methyl/N-ethyl adjacent to an activating group) is 1. The van der Waals surface area contributed by atoms with E-state index in [0.29, 0.717) is 12.1 Å². The standard InChI is InChI=1S/C17H19N3O2/c1-19-9-15-7-14(19)10-20(15)13-6-12-4-11(5-17(21)22)2-3-16(12)18-8-13/h2-4,6,8,14-15H,5,7,9-10H2,1H3,(H,21,22)/t14-,15-/m0/s1. The van der Waals surface area contributed by atoms with Crippen LogP contribution in [0.25, 0.3) is 10.9 Å². The lowest BCUT2D eigenvalue weighted by Crippen LogP contribution is -2.44. The molecule has 0 saturated carbocycles. The van der Waals surface area contributed by atoms with Crippen molar-refractivity contribution in [2.45, 2.75) is 24.9 Å². The van der Waals surface area contributed by atoms with Gasteiger partial charge in [-0.2, -0.15) is 0 Å². The third-order valence-electron chi connectivity index (χ3n) is 4.93. The van der Waals surface area contributed by atoms with Gasteiger partial charge in [0, 0.05) is 30.6 Å². The number of hydrogen-bond donors (Lipinski definition) is 1. The van der Waals surface area contributed by atoms with Gasteiger partial charge in [-0.1, -0.05) is 6.07 Å². The number of aromatic nitrogens is 1. The van der Waals surface area contributed by atoms with Crippen molar-refractivity contribution in [2.75, 3.05) is 25.0 Å². The molecule has 0 aliphatic carbocycles. The number of aliphatic carboxylic acids is 1. The molecular formula is C17H19N3O2. The van der Waals surface area contributed by atoms with E-state index in [1.807, 2.05) is 24.4 Å². The first-order valence-electron chi connectivity index (χ1n) is 7.67. The highest BCUT2D eigenvalue weighted by Crippen LogP contribution is 2.34. The van der Waals surface area contributed by atoms with Crippen LogP contribution in [0.3, 0.4) is 0 Å². The van der Waals surface area contributed by atoms with E-state index >= 15 is 0 Å². The van der Waals surface area contributed by atoms with Crippen molar-refractivity contribution in [3.8, 4) is 0 Å². The summed E-state index contributed by atoms with van der Waals surface area (Å²) in [7, 11) is 2.19. The number of benzene rings is 1. The molecule has 1 N–H and O–H groups in total. The topological polar surface area (TPSA) is 56.7 Å². The molecule has 2 atom stereocenters. The molecule has 2 saturated heterocycles. The SMILES string of the molecule is CN1C[C@@H]2C[C@H]1CN2c1cnc2ccc(CC(=O)O)cc2c1. The van der Waals surface area contributed by atoms with E-state index in [9.17, 15) is 4.79 Å². The summed E-state index contributed by atoms with van der Waals surface area (Å²) in [5.41, 5.74) is 2.89. The molecule has 1 aromatic heterocycles. The molecule has 0 radical (unpaired) electrons. The molecule has 5 heteroatoms. The maximum Gasteiger partial charge on any atom is 0.307 e. The van der Waals surface area contributed by atoms with Crippen LogP contribution in [0, 0.1) is 0 Å². The molecule has 0 unspecified atom stereocenters. The third kappa shape index (κ3) is 2.22. The van der Waals surface area contributed by atoms with Gasteiger partial charge in [0.05, 0.1) is 23.8 Å². The molecule has 2 bridgehead atoms. The Hall–Kier alpha value is -2.14. The Morgan fingerprint density at radius 3 is 2.86 bits per heavy atom. The summed E-state index contributed by atoms with van der Waals surface area (Å²) >= 11 is 0. The van der Waals surface area contributed by atoms with Crippen molar-refractivity contribution in [2.24, 2.45) is 0 Å². The molecule has 2 aromatic rings. The van der Waals surface area contributed by atoms with Crippen LogP contribution < -0.4 is 4.90 Å². The summed E-state index contributed by atoms with van der Waals surface area (Å²) in [6.07, 6.45) is 3.23. The molecule has 2 aliphatic rings. The van der Waals surface area contributed by atoms with Crippen LogP contribution in [-0.4, -0.2) is 53.2 Å². The smallest absolute Gasteiger partial charge is 0.307 e. The predicted molar refractivity (Wildman–Crippen MR) is 85.3 cm³/mol. The zero-order chi connectivity index (χ0) is 15.3. The Kier molecular flexibility index (Phi) is 3.04. The fraction of sp³-hybridized carbons (Fsp3) is 0.412. The Balaban J connectivity index is 1.66. The lowest BCUT2D eigenvalue weighted by Gasteiger charge is -2.33. The van der Waals surface area contributed by atoms with Gasteiger partial charge in [0.25, 0.3) is 0 Å². The van der Waals surface area contributed by atoms with Crippen LogP contribution in [0.15, 0.2) is 30.5 Å². The predicted octanol–water partition coefficient (Wildman–Crippen LogP) is 1.75. The maximum atomic E-state index is 10.9. The summed E-state index contributed by atoms with van der Waals surface area (Å²) in [6, 6.07) is 9.07. The molecular weight excluding hydrogens is 278 g/mol. The van der Waals surface area contributed by atoms with Crippen molar-refractivity contribution in [1.29, 1.82) is 0 Å². The monoisotopic (exact) mass is 297 g/mol. The molecule has 3 heterocycles. The van der Waals surface area contributed by atoms with Crippen molar-refractivity contribution in [3.05, 3.63) is 36.0 Å². The summed E-state index contributed by atoms with van der Waals surface area (Å²) in [4.78, 5) is 20.3. The highest BCUT2D eigenvalue weighted by Gasteiger charge is 2.41. The van der Waals surface area contributed by atoms with Crippen molar-refractivity contribution in [3.63, 3.8) is 0 Å². The van der Waals surface area contributed by atoms with E-state index < -0.39 is 5.97 Å². The Bertz CT molecular complexity index is 744. The van der Waals surface area contributed by atoms with Crippen LogP contribution in [-0.2, 0) is 11.2 Å². The molecule has 5 nitrogen and oxygen atoms in total. The number of pyridine rings is 1. The Labute approximate surface area is 129 Å². The van der Waals surface area contributed by atoms with Gasteiger partial charge in [0.1, 0.15) is 0 Å². The molecule has 2 fully saturated rings. The van der Waals surface area contributed by atoms with Crippen LogP contribution in [0.1, 0.15) is 12.0 Å². The van der Waals surface area contributed by atoms with E-state index in [-0.39, 0.29) is 6.42 Å². The van der Waals surface area contributed by atoms with E-state index in [4.69, 9.17) is 5.11 Å². The second-order valence-corrected chi connectivity index (χ2v) is 6.43. The van der Waals surface area contributed by atoms with Crippen molar-refractivity contribution < 1.29 is 9.90 Å². The Morgan fingerprint density at radius 2 is 2.18 bits per heavy atom. The molecule has 1 aromatic carbocycles. The maximum absolute atomic E-state index is 10.9. The molecule has 0 amide bonds. The first-order chi connectivity index (χ1) is 10.6. The summed E-state index contributed by atoms with van der Waals surface area (Å²) < 4.78 is 0. The number of fused-ring (bicyclic) bond motifs is 3. The van der Waals surface area contributed by atoms with Gasteiger partial charge in [0.2, 0.25) is 0 Å². The number of likely N-dealkylation sites (tertiary alicyclic amines) is 1. The van der Waals surface area contributed by atoms with Crippen LogP contribution in [0.2, 0.25) is 0 Å². The number of carbonyl (C=O) groups is 1. The minimum absolute atomic E-state index is 0.0549. The fourth-order valence-electron chi connectivity index (χ4n) is 3.79. The molecule has 2 aliphatic heterocycles. The third-order valence-corrected chi connectivity index (χ3v) is 4.93. The molecule has 0 spiro atoms. The minimum Gasteiger partial charge on any atom is -0.481 e. The van der Waals surface area contributed by atoms with E-state index in [0.717, 1.165) is 35.2 Å². The van der Waals surface area contributed by atoms with Gasteiger partial charge >= 0.3 is 5.97 Å².